The van der Waals surface area contributed by atoms with Gasteiger partial charge in [-0.25, -0.2) is 4.99 Å². The molecule has 1 fully saturated rings. The molecule has 2 rings (SSSR count). The predicted octanol–water partition coefficient (Wildman–Crippen LogP) is 3.31. The van der Waals surface area contributed by atoms with Crippen molar-refractivity contribution in [3.63, 3.8) is 0 Å². The van der Waals surface area contributed by atoms with E-state index in [2.05, 4.69) is 63.5 Å². The van der Waals surface area contributed by atoms with Gasteiger partial charge in [-0.2, -0.15) is 0 Å². The Labute approximate surface area is 166 Å². The summed E-state index contributed by atoms with van der Waals surface area (Å²) in [5.41, 5.74) is 2.53. The van der Waals surface area contributed by atoms with Gasteiger partial charge >= 0.3 is 0 Å². The van der Waals surface area contributed by atoms with Crippen LogP contribution in [0.5, 0.6) is 0 Å². The minimum atomic E-state index is 0.498. The van der Waals surface area contributed by atoms with E-state index in [4.69, 9.17) is 9.73 Å². The molecular formula is C20H33BrN4O. The topological polar surface area (TPSA) is 48.9 Å². The molecule has 146 valence electrons. The Hall–Kier alpha value is -1.11. The molecule has 1 aliphatic rings. The number of hydrogen-bond acceptors (Lipinski definition) is 3. The van der Waals surface area contributed by atoms with Crippen molar-refractivity contribution in [3.05, 3.63) is 33.8 Å². The lowest BCUT2D eigenvalue weighted by Gasteiger charge is -2.33. The number of nitrogens with zero attached hydrogens (tertiary/aromatic N) is 2. The molecule has 1 aliphatic heterocycles. The van der Waals surface area contributed by atoms with E-state index in [1.807, 2.05) is 0 Å². The van der Waals surface area contributed by atoms with Crippen LogP contribution in [0.25, 0.3) is 0 Å². The van der Waals surface area contributed by atoms with Gasteiger partial charge in [0.15, 0.2) is 5.96 Å². The minimum absolute atomic E-state index is 0.498. The summed E-state index contributed by atoms with van der Waals surface area (Å²) in [6.07, 6.45) is 3.44. The Bertz CT molecular complexity index is 571. The highest BCUT2D eigenvalue weighted by molar-refractivity contribution is 9.10. The summed E-state index contributed by atoms with van der Waals surface area (Å²) in [6.45, 7) is 10.1. The second-order valence-electron chi connectivity index (χ2n) is 6.87. The van der Waals surface area contributed by atoms with E-state index >= 15 is 0 Å². The zero-order chi connectivity index (χ0) is 18.8. The van der Waals surface area contributed by atoms with Crippen LogP contribution in [0.2, 0.25) is 0 Å². The fourth-order valence-electron chi connectivity index (χ4n) is 3.25. The third kappa shape index (κ3) is 7.25. The maximum atomic E-state index is 5.15. The second-order valence-corrected chi connectivity index (χ2v) is 7.79. The molecule has 0 spiro atoms. The Morgan fingerprint density at radius 2 is 2.12 bits per heavy atom. The molecule has 1 heterocycles. The van der Waals surface area contributed by atoms with E-state index in [9.17, 15) is 0 Å². The first-order valence-electron chi connectivity index (χ1n) is 9.63. The molecule has 0 aromatic heterocycles. The number of aryl methyl sites for hydroxylation is 1. The first-order valence-corrected chi connectivity index (χ1v) is 10.4. The highest BCUT2D eigenvalue weighted by Crippen LogP contribution is 2.16. The van der Waals surface area contributed by atoms with Gasteiger partial charge in [-0.1, -0.05) is 22.0 Å². The standard InChI is InChI=1S/C20H33BrN4O/c1-4-22-20(23-15-17-6-7-18(21)14-16(17)2)24-19-8-11-25(12-9-19)10-5-13-26-3/h6-7,14,19H,4-5,8-13,15H2,1-3H3,(H2,22,23,24). The molecule has 1 aromatic rings. The zero-order valence-electron chi connectivity index (χ0n) is 16.4. The van der Waals surface area contributed by atoms with E-state index in [0.717, 1.165) is 62.5 Å². The molecule has 0 amide bonds. The number of piperidine rings is 1. The summed E-state index contributed by atoms with van der Waals surface area (Å²) >= 11 is 3.52. The first-order chi connectivity index (χ1) is 12.6. The largest absolute Gasteiger partial charge is 0.385 e. The van der Waals surface area contributed by atoms with Crippen molar-refractivity contribution in [1.29, 1.82) is 0 Å². The van der Waals surface area contributed by atoms with Crippen LogP contribution in [0.4, 0.5) is 0 Å². The van der Waals surface area contributed by atoms with Crippen molar-refractivity contribution in [1.82, 2.24) is 15.5 Å². The molecular weight excluding hydrogens is 392 g/mol. The lowest BCUT2D eigenvalue weighted by molar-refractivity contribution is 0.155. The summed E-state index contributed by atoms with van der Waals surface area (Å²) in [5.74, 6) is 0.924. The van der Waals surface area contributed by atoms with Crippen LogP contribution < -0.4 is 10.6 Å². The van der Waals surface area contributed by atoms with Crippen molar-refractivity contribution < 1.29 is 4.74 Å². The van der Waals surface area contributed by atoms with Gasteiger partial charge < -0.3 is 20.3 Å². The van der Waals surface area contributed by atoms with E-state index in [-0.39, 0.29) is 0 Å². The fourth-order valence-corrected chi connectivity index (χ4v) is 3.72. The SMILES string of the molecule is CCNC(=NCc1ccc(Br)cc1C)NC1CCN(CCCOC)CC1. The van der Waals surface area contributed by atoms with Crippen LogP contribution in [0.1, 0.15) is 37.3 Å². The number of aliphatic imine (C=N–C) groups is 1. The smallest absolute Gasteiger partial charge is 0.191 e. The van der Waals surface area contributed by atoms with Gasteiger partial charge in [-0.05, 0) is 56.4 Å². The Morgan fingerprint density at radius 1 is 1.35 bits per heavy atom. The number of likely N-dealkylation sites (tertiary alicyclic amines) is 1. The molecule has 5 nitrogen and oxygen atoms in total. The number of halogens is 1. The summed E-state index contributed by atoms with van der Waals surface area (Å²) in [5, 5.41) is 7.01. The molecule has 2 N–H and O–H groups in total. The van der Waals surface area contributed by atoms with Gasteiger partial charge in [0.25, 0.3) is 0 Å². The number of rotatable bonds is 8. The molecule has 1 aromatic carbocycles. The van der Waals surface area contributed by atoms with Crippen molar-refractivity contribution in [2.45, 2.75) is 45.7 Å². The van der Waals surface area contributed by atoms with E-state index in [1.165, 1.54) is 11.1 Å². The molecule has 6 heteroatoms. The predicted molar refractivity (Wildman–Crippen MR) is 113 cm³/mol. The highest BCUT2D eigenvalue weighted by Gasteiger charge is 2.19. The van der Waals surface area contributed by atoms with Gasteiger partial charge in [0.05, 0.1) is 6.54 Å². The summed E-state index contributed by atoms with van der Waals surface area (Å²) in [4.78, 5) is 7.33. The van der Waals surface area contributed by atoms with Gasteiger partial charge in [-0.15, -0.1) is 0 Å². The van der Waals surface area contributed by atoms with Gasteiger partial charge in [-0.3, -0.25) is 0 Å². The monoisotopic (exact) mass is 424 g/mol. The summed E-state index contributed by atoms with van der Waals surface area (Å²) < 4.78 is 6.26. The van der Waals surface area contributed by atoms with Crippen LogP contribution in [0, 0.1) is 6.92 Å². The number of benzene rings is 1. The number of nitrogens with one attached hydrogen (secondary N) is 2. The van der Waals surface area contributed by atoms with Crippen molar-refractivity contribution >= 4 is 21.9 Å². The maximum absolute atomic E-state index is 5.15. The van der Waals surface area contributed by atoms with Crippen LogP contribution in [0.3, 0.4) is 0 Å². The van der Waals surface area contributed by atoms with Crippen LogP contribution in [-0.2, 0) is 11.3 Å². The normalized spacial score (nSPS) is 16.7. The highest BCUT2D eigenvalue weighted by atomic mass is 79.9. The van der Waals surface area contributed by atoms with E-state index in [1.54, 1.807) is 7.11 Å². The van der Waals surface area contributed by atoms with Crippen molar-refractivity contribution in [3.8, 4) is 0 Å². The molecule has 0 unspecified atom stereocenters. The van der Waals surface area contributed by atoms with Crippen molar-refractivity contribution in [2.75, 3.05) is 39.9 Å². The molecule has 26 heavy (non-hydrogen) atoms. The quantitative estimate of drug-likeness (QED) is 0.381. The lowest BCUT2D eigenvalue weighted by atomic mass is 10.1. The van der Waals surface area contributed by atoms with Crippen molar-refractivity contribution in [2.24, 2.45) is 4.99 Å². The molecule has 0 bridgehead atoms. The van der Waals surface area contributed by atoms with E-state index < -0.39 is 0 Å². The maximum Gasteiger partial charge on any atom is 0.191 e. The van der Waals surface area contributed by atoms with Gasteiger partial charge in [0, 0.05) is 50.4 Å². The van der Waals surface area contributed by atoms with Crippen LogP contribution in [0.15, 0.2) is 27.7 Å². The van der Waals surface area contributed by atoms with Crippen LogP contribution >= 0.6 is 15.9 Å². The lowest BCUT2D eigenvalue weighted by Crippen LogP contribution is -2.48. The average Bonchev–Trinajstić information content (AvgIpc) is 2.62. The number of hydrogen-bond donors (Lipinski definition) is 2. The molecule has 0 saturated carbocycles. The fraction of sp³-hybridized carbons (Fsp3) is 0.650. The minimum Gasteiger partial charge on any atom is -0.385 e. The van der Waals surface area contributed by atoms with Gasteiger partial charge in [0.1, 0.15) is 0 Å². The zero-order valence-corrected chi connectivity index (χ0v) is 17.9. The second kappa shape index (κ2) is 11.6. The molecule has 1 saturated heterocycles. The number of guanidine groups is 1. The average molecular weight is 425 g/mol. The number of methoxy groups -OCH3 is 1. The summed E-state index contributed by atoms with van der Waals surface area (Å²) in [7, 11) is 1.77. The first kappa shape index (κ1) is 21.2. The molecule has 0 aliphatic carbocycles. The Kier molecular flexibility index (Phi) is 9.43. The van der Waals surface area contributed by atoms with E-state index in [0.29, 0.717) is 12.6 Å². The number of ether oxygens (including phenoxy) is 1. The van der Waals surface area contributed by atoms with Crippen LogP contribution in [-0.4, -0.2) is 56.8 Å². The molecule has 0 radical (unpaired) electrons. The Balaban J connectivity index is 1.84. The molecule has 0 atom stereocenters. The third-order valence-electron chi connectivity index (χ3n) is 4.81. The Morgan fingerprint density at radius 3 is 2.77 bits per heavy atom. The summed E-state index contributed by atoms with van der Waals surface area (Å²) in [6, 6.07) is 6.87. The third-order valence-corrected chi connectivity index (χ3v) is 5.30. The van der Waals surface area contributed by atoms with Gasteiger partial charge in [0.2, 0.25) is 0 Å².